The Kier molecular flexibility index (Phi) is 6.44. The molecule has 0 amide bonds. The Bertz CT molecular complexity index is 849. The zero-order valence-corrected chi connectivity index (χ0v) is 15.0. The summed E-state index contributed by atoms with van der Waals surface area (Å²) < 4.78 is 1.37. The van der Waals surface area contributed by atoms with E-state index in [1.807, 2.05) is 25.1 Å². The van der Waals surface area contributed by atoms with Gasteiger partial charge in [0.2, 0.25) is 4.96 Å². The van der Waals surface area contributed by atoms with Crippen LogP contribution in [0.2, 0.25) is 0 Å². The highest BCUT2D eigenvalue weighted by Crippen LogP contribution is 2.15. The molecule has 6 nitrogen and oxygen atoms in total. The van der Waals surface area contributed by atoms with Gasteiger partial charge in [-0.3, -0.25) is 9.69 Å². The first-order valence-electron chi connectivity index (χ1n) is 7.48. The highest BCUT2D eigenvalue weighted by Gasteiger charge is 2.12. The van der Waals surface area contributed by atoms with Gasteiger partial charge in [0.05, 0.1) is 6.54 Å². The number of hydrogen-bond donors (Lipinski definition) is 1. The average Bonchev–Trinajstić information content (AvgIpc) is 2.91. The normalized spacial score (nSPS) is 11.0. The summed E-state index contributed by atoms with van der Waals surface area (Å²) in [5.74, 6) is 0. The number of halogens is 1. The molecule has 3 aromatic rings. The van der Waals surface area contributed by atoms with Gasteiger partial charge in [-0.15, -0.1) is 12.4 Å². The number of nitrogens with two attached hydrogens (primary N) is 1. The van der Waals surface area contributed by atoms with Crippen LogP contribution in [0.15, 0.2) is 41.2 Å². The molecular formula is C16H20ClN5OS. The maximum Gasteiger partial charge on any atom is 0.275 e. The van der Waals surface area contributed by atoms with Crippen LogP contribution < -0.4 is 11.3 Å². The number of rotatable bonds is 6. The van der Waals surface area contributed by atoms with Gasteiger partial charge in [-0.05, 0) is 12.5 Å². The predicted molar refractivity (Wildman–Crippen MR) is 98.7 cm³/mol. The number of benzene rings is 1. The van der Waals surface area contributed by atoms with Crippen molar-refractivity contribution in [2.45, 2.75) is 20.0 Å². The Labute approximate surface area is 150 Å². The molecule has 0 spiro atoms. The summed E-state index contributed by atoms with van der Waals surface area (Å²) in [5, 5.41) is 5.26. The van der Waals surface area contributed by atoms with Crippen LogP contribution in [0.5, 0.6) is 0 Å². The van der Waals surface area contributed by atoms with Crippen molar-refractivity contribution in [3.05, 3.63) is 63.0 Å². The maximum atomic E-state index is 11.9. The zero-order valence-electron chi connectivity index (χ0n) is 13.4. The lowest BCUT2D eigenvalue weighted by atomic mass is 10.2. The molecule has 0 atom stereocenters. The first kappa shape index (κ1) is 18.5. The highest BCUT2D eigenvalue weighted by molar-refractivity contribution is 7.16. The van der Waals surface area contributed by atoms with Crippen molar-refractivity contribution in [2.24, 2.45) is 5.73 Å². The summed E-state index contributed by atoms with van der Waals surface area (Å²) in [5.41, 5.74) is 7.54. The van der Waals surface area contributed by atoms with Gasteiger partial charge in [0, 0.05) is 31.4 Å². The summed E-state index contributed by atoms with van der Waals surface area (Å²) in [6.45, 7) is 4.62. The van der Waals surface area contributed by atoms with E-state index < -0.39 is 0 Å². The van der Waals surface area contributed by atoms with Crippen LogP contribution in [0.4, 0.5) is 0 Å². The molecule has 0 aliphatic carbocycles. The van der Waals surface area contributed by atoms with E-state index in [9.17, 15) is 4.79 Å². The first-order valence-corrected chi connectivity index (χ1v) is 8.30. The van der Waals surface area contributed by atoms with Gasteiger partial charge >= 0.3 is 0 Å². The molecule has 128 valence electrons. The molecular weight excluding hydrogens is 346 g/mol. The quantitative estimate of drug-likeness (QED) is 0.721. The molecule has 0 saturated carbocycles. The molecule has 0 saturated heterocycles. The van der Waals surface area contributed by atoms with Gasteiger partial charge in [0.1, 0.15) is 5.01 Å². The minimum absolute atomic E-state index is 0. The van der Waals surface area contributed by atoms with Gasteiger partial charge in [-0.2, -0.15) is 9.61 Å². The highest BCUT2D eigenvalue weighted by atomic mass is 35.5. The van der Waals surface area contributed by atoms with Crippen molar-refractivity contribution in [2.75, 3.05) is 13.1 Å². The second-order valence-corrected chi connectivity index (χ2v) is 6.45. The van der Waals surface area contributed by atoms with Gasteiger partial charge in [-0.1, -0.05) is 41.7 Å². The van der Waals surface area contributed by atoms with Crippen molar-refractivity contribution >= 4 is 28.7 Å². The lowest BCUT2D eigenvalue weighted by Crippen LogP contribution is -2.28. The van der Waals surface area contributed by atoms with E-state index in [1.54, 1.807) is 0 Å². The molecule has 0 fully saturated rings. The lowest BCUT2D eigenvalue weighted by Gasteiger charge is -2.20. The van der Waals surface area contributed by atoms with Crippen molar-refractivity contribution in [3.63, 3.8) is 0 Å². The van der Waals surface area contributed by atoms with E-state index in [0.717, 1.165) is 18.1 Å². The topological polar surface area (TPSA) is 76.5 Å². The molecule has 3 rings (SSSR count). The van der Waals surface area contributed by atoms with Crippen LogP contribution in [-0.2, 0) is 13.1 Å². The number of nitrogens with zero attached hydrogens (tertiary/aromatic N) is 4. The second kappa shape index (κ2) is 8.34. The molecule has 2 heterocycles. The summed E-state index contributed by atoms with van der Waals surface area (Å²) in [6, 6.07) is 11.7. The first-order chi connectivity index (χ1) is 11.2. The molecule has 2 N–H and O–H groups in total. The summed E-state index contributed by atoms with van der Waals surface area (Å²) in [7, 11) is 0. The molecule has 0 unspecified atom stereocenters. The molecule has 0 aliphatic rings. The van der Waals surface area contributed by atoms with E-state index in [2.05, 4.69) is 27.1 Å². The Balaban J connectivity index is 0.00000208. The smallest absolute Gasteiger partial charge is 0.275 e. The molecule has 24 heavy (non-hydrogen) atoms. The summed E-state index contributed by atoms with van der Waals surface area (Å²) >= 11 is 1.45. The fourth-order valence-electron chi connectivity index (χ4n) is 2.45. The van der Waals surface area contributed by atoms with Crippen LogP contribution in [0.1, 0.15) is 16.3 Å². The largest absolute Gasteiger partial charge is 0.329 e. The molecule has 8 heteroatoms. The third-order valence-electron chi connectivity index (χ3n) is 3.47. The molecule has 2 aromatic heterocycles. The fraction of sp³-hybridized carbons (Fsp3) is 0.312. The van der Waals surface area contributed by atoms with Gasteiger partial charge in [0.25, 0.3) is 5.56 Å². The van der Waals surface area contributed by atoms with E-state index in [1.165, 1.54) is 27.5 Å². The predicted octanol–water partition coefficient (Wildman–Crippen LogP) is 1.84. The second-order valence-electron chi connectivity index (χ2n) is 5.41. The molecule has 1 aromatic carbocycles. The van der Waals surface area contributed by atoms with Crippen molar-refractivity contribution < 1.29 is 0 Å². The number of fused-ring (bicyclic) bond motifs is 1. The van der Waals surface area contributed by atoms with Crippen molar-refractivity contribution in [3.8, 4) is 0 Å². The van der Waals surface area contributed by atoms with Crippen LogP contribution in [0.3, 0.4) is 0 Å². The Morgan fingerprint density at radius 1 is 1.25 bits per heavy atom. The Morgan fingerprint density at radius 3 is 2.71 bits per heavy atom. The zero-order chi connectivity index (χ0) is 16.2. The fourth-order valence-corrected chi connectivity index (χ4v) is 3.44. The van der Waals surface area contributed by atoms with Crippen molar-refractivity contribution in [1.82, 2.24) is 19.5 Å². The Morgan fingerprint density at radius 2 is 2.00 bits per heavy atom. The monoisotopic (exact) mass is 365 g/mol. The van der Waals surface area contributed by atoms with Gasteiger partial charge < -0.3 is 5.73 Å². The molecule has 0 bridgehead atoms. The maximum absolute atomic E-state index is 11.9. The van der Waals surface area contributed by atoms with E-state index in [-0.39, 0.29) is 18.0 Å². The van der Waals surface area contributed by atoms with Crippen LogP contribution in [0, 0.1) is 6.92 Å². The number of aryl methyl sites for hydroxylation is 1. The number of aromatic nitrogens is 3. The number of hydrogen-bond acceptors (Lipinski definition) is 6. The van der Waals surface area contributed by atoms with E-state index >= 15 is 0 Å². The van der Waals surface area contributed by atoms with Crippen LogP contribution in [0.25, 0.3) is 4.96 Å². The van der Waals surface area contributed by atoms with E-state index in [0.29, 0.717) is 23.7 Å². The molecule has 0 radical (unpaired) electrons. The Hall–Kier alpha value is -1.80. The third kappa shape index (κ3) is 4.39. The van der Waals surface area contributed by atoms with Crippen LogP contribution >= 0.6 is 23.7 Å². The minimum atomic E-state index is -0.136. The summed E-state index contributed by atoms with van der Waals surface area (Å²) in [4.78, 5) is 19.2. The van der Waals surface area contributed by atoms with Gasteiger partial charge in [-0.25, -0.2) is 4.98 Å². The lowest BCUT2D eigenvalue weighted by molar-refractivity contribution is 0.263. The van der Waals surface area contributed by atoms with Gasteiger partial charge in [0.15, 0.2) is 0 Å². The minimum Gasteiger partial charge on any atom is -0.329 e. The van der Waals surface area contributed by atoms with Crippen molar-refractivity contribution in [1.29, 1.82) is 0 Å². The SMILES string of the molecule is Cc1cc(=O)n2nc(CN(CCN)Cc3ccccc3)sc2n1.Cl. The van der Waals surface area contributed by atoms with E-state index in [4.69, 9.17) is 5.73 Å². The standard InChI is InChI=1S/C16H19N5OS.ClH/c1-12-9-15(22)21-16(18-12)23-14(19-21)11-20(8-7-17)10-13-5-3-2-4-6-13;/h2-6,9H,7-8,10-11,17H2,1H3;1H. The van der Waals surface area contributed by atoms with Crippen LogP contribution in [-0.4, -0.2) is 32.6 Å². The third-order valence-corrected chi connectivity index (χ3v) is 4.36. The average molecular weight is 366 g/mol. The summed E-state index contributed by atoms with van der Waals surface area (Å²) in [6.07, 6.45) is 0. The molecule has 0 aliphatic heterocycles.